The summed E-state index contributed by atoms with van der Waals surface area (Å²) in [7, 11) is 0. The Labute approximate surface area is 90.8 Å². The average molecular weight is 215 g/mol. The summed E-state index contributed by atoms with van der Waals surface area (Å²) < 4.78 is 0. The molecule has 2 fully saturated rings. The van der Waals surface area contributed by atoms with E-state index < -0.39 is 0 Å². The third kappa shape index (κ3) is 2.88. The molecule has 2 aliphatic rings. The second-order valence-electron chi connectivity index (χ2n) is 4.72. The van der Waals surface area contributed by atoms with E-state index in [0.29, 0.717) is 12.5 Å². The van der Waals surface area contributed by atoms with Crippen molar-refractivity contribution >= 4 is 11.8 Å². The standard InChI is InChI=1S/C11H21NOS/c13-6-10(4-9-2-1-3-9)5-12-11-7-14-8-11/h9-13H,1-8H2. The van der Waals surface area contributed by atoms with E-state index in [1.165, 1.54) is 37.2 Å². The Hall–Kier alpha value is 0.270. The Balaban J connectivity index is 1.58. The van der Waals surface area contributed by atoms with Gasteiger partial charge >= 0.3 is 0 Å². The molecule has 14 heavy (non-hydrogen) atoms. The maximum atomic E-state index is 9.25. The summed E-state index contributed by atoms with van der Waals surface area (Å²) in [5.74, 6) is 3.96. The lowest BCUT2D eigenvalue weighted by Crippen LogP contribution is -2.43. The van der Waals surface area contributed by atoms with Gasteiger partial charge in [-0.3, -0.25) is 0 Å². The second kappa shape index (κ2) is 5.38. The minimum atomic E-state index is 0.364. The van der Waals surface area contributed by atoms with Crippen LogP contribution in [0, 0.1) is 11.8 Å². The molecule has 2 nitrogen and oxygen atoms in total. The van der Waals surface area contributed by atoms with Crippen molar-refractivity contribution in [2.75, 3.05) is 24.7 Å². The zero-order valence-corrected chi connectivity index (χ0v) is 9.56. The summed E-state index contributed by atoms with van der Waals surface area (Å²) in [5, 5.41) is 12.8. The van der Waals surface area contributed by atoms with Gasteiger partial charge in [-0.1, -0.05) is 19.3 Å². The van der Waals surface area contributed by atoms with Gasteiger partial charge in [-0.15, -0.1) is 0 Å². The topological polar surface area (TPSA) is 32.3 Å². The molecule has 0 aromatic heterocycles. The lowest BCUT2D eigenvalue weighted by Gasteiger charge is -2.31. The van der Waals surface area contributed by atoms with Crippen LogP contribution in [0.25, 0.3) is 0 Å². The summed E-state index contributed by atoms with van der Waals surface area (Å²) in [5.41, 5.74) is 0. The Bertz CT molecular complexity index is 169. The third-order valence-corrected chi connectivity index (χ3v) is 4.76. The van der Waals surface area contributed by atoms with Gasteiger partial charge in [0.2, 0.25) is 0 Å². The van der Waals surface area contributed by atoms with Gasteiger partial charge in [-0.2, -0.15) is 11.8 Å². The fourth-order valence-electron chi connectivity index (χ4n) is 2.11. The van der Waals surface area contributed by atoms with Crippen molar-refractivity contribution in [2.24, 2.45) is 11.8 Å². The molecule has 1 unspecified atom stereocenters. The number of hydrogen-bond donors (Lipinski definition) is 2. The number of aliphatic hydroxyl groups excluding tert-OH is 1. The first kappa shape index (κ1) is 10.8. The van der Waals surface area contributed by atoms with Crippen LogP contribution < -0.4 is 5.32 Å². The molecule has 0 spiro atoms. The van der Waals surface area contributed by atoms with E-state index in [0.717, 1.165) is 18.5 Å². The molecule has 3 heteroatoms. The molecule has 1 atom stereocenters. The van der Waals surface area contributed by atoms with Crippen LogP contribution in [-0.4, -0.2) is 35.8 Å². The van der Waals surface area contributed by atoms with Crippen LogP contribution in [0.3, 0.4) is 0 Å². The minimum Gasteiger partial charge on any atom is -0.396 e. The number of nitrogens with one attached hydrogen (secondary N) is 1. The molecular weight excluding hydrogens is 194 g/mol. The molecule has 0 aromatic rings. The first-order valence-electron chi connectivity index (χ1n) is 5.80. The molecular formula is C11H21NOS. The lowest BCUT2D eigenvalue weighted by molar-refractivity contribution is 0.166. The van der Waals surface area contributed by atoms with Crippen molar-refractivity contribution in [3.05, 3.63) is 0 Å². The fraction of sp³-hybridized carbons (Fsp3) is 1.00. The second-order valence-corrected chi connectivity index (χ2v) is 5.80. The highest BCUT2D eigenvalue weighted by Crippen LogP contribution is 2.32. The van der Waals surface area contributed by atoms with Crippen LogP contribution in [-0.2, 0) is 0 Å². The molecule has 0 aromatic carbocycles. The minimum absolute atomic E-state index is 0.364. The van der Waals surface area contributed by atoms with Gasteiger partial charge in [0.1, 0.15) is 0 Å². The van der Waals surface area contributed by atoms with E-state index >= 15 is 0 Å². The summed E-state index contributed by atoms with van der Waals surface area (Å²) in [6.45, 7) is 1.39. The molecule has 82 valence electrons. The highest BCUT2D eigenvalue weighted by molar-refractivity contribution is 8.00. The smallest absolute Gasteiger partial charge is 0.0471 e. The van der Waals surface area contributed by atoms with Crippen LogP contribution in [0.5, 0.6) is 0 Å². The zero-order valence-electron chi connectivity index (χ0n) is 8.74. The first-order chi connectivity index (χ1) is 6.88. The molecule has 1 aliphatic heterocycles. The zero-order chi connectivity index (χ0) is 9.80. The first-order valence-corrected chi connectivity index (χ1v) is 6.96. The Morgan fingerprint density at radius 3 is 2.57 bits per heavy atom. The van der Waals surface area contributed by atoms with Crippen LogP contribution >= 0.6 is 11.8 Å². The summed E-state index contributed by atoms with van der Waals surface area (Å²) in [6, 6.07) is 0.732. The lowest BCUT2D eigenvalue weighted by atomic mass is 9.79. The molecule has 0 amide bonds. The van der Waals surface area contributed by atoms with Gasteiger partial charge in [0, 0.05) is 30.7 Å². The van der Waals surface area contributed by atoms with Crippen molar-refractivity contribution in [1.29, 1.82) is 0 Å². The summed E-state index contributed by atoms with van der Waals surface area (Å²) in [4.78, 5) is 0. The normalized spacial score (nSPS) is 25.5. The predicted molar refractivity (Wildman–Crippen MR) is 61.6 cm³/mol. The largest absolute Gasteiger partial charge is 0.396 e. The van der Waals surface area contributed by atoms with Gasteiger partial charge in [0.15, 0.2) is 0 Å². The molecule has 1 heterocycles. The number of rotatable bonds is 6. The van der Waals surface area contributed by atoms with E-state index in [1.807, 2.05) is 11.8 Å². The van der Waals surface area contributed by atoms with Crippen molar-refractivity contribution in [3.63, 3.8) is 0 Å². The van der Waals surface area contributed by atoms with Gasteiger partial charge in [-0.25, -0.2) is 0 Å². The SMILES string of the molecule is OCC(CNC1CSC1)CC1CCC1. The fourth-order valence-corrected chi connectivity index (χ4v) is 2.82. The van der Waals surface area contributed by atoms with E-state index in [1.54, 1.807) is 0 Å². The van der Waals surface area contributed by atoms with Crippen LogP contribution in [0.4, 0.5) is 0 Å². The maximum Gasteiger partial charge on any atom is 0.0471 e. The average Bonchev–Trinajstić information content (AvgIpc) is 2.04. The maximum absolute atomic E-state index is 9.25. The molecule has 0 bridgehead atoms. The predicted octanol–water partition coefficient (Wildman–Crippen LogP) is 1.49. The van der Waals surface area contributed by atoms with Crippen molar-refractivity contribution in [2.45, 2.75) is 31.7 Å². The summed E-state index contributed by atoms with van der Waals surface area (Å²) in [6.07, 6.45) is 5.45. The Morgan fingerprint density at radius 2 is 2.14 bits per heavy atom. The molecule has 0 radical (unpaired) electrons. The number of hydrogen-bond acceptors (Lipinski definition) is 3. The molecule has 1 saturated heterocycles. The number of thioether (sulfide) groups is 1. The Morgan fingerprint density at radius 1 is 1.36 bits per heavy atom. The van der Waals surface area contributed by atoms with E-state index in [-0.39, 0.29) is 0 Å². The van der Waals surface area contributed by atoms with Crippen LogP contribution in [0.2, 0.25) is 0 Å². The van der Waals surface area contributed by atoms with Crippen LogP contribution in [0.1, 0.15) is 25.7 Å². The van der Waals surface area contributed by atoms with Gasteiger partial charge in [-0.05, 0) is 18.3 Å². The van der Waals surface area contributed by atoms with Crippen molar-refractivity contribution in [1.82, 2.24) is 5.32 Å². The van der Waals surface area contributed by atoms with Crippen molar-refractivity contribution < 1.29 is 5.11 Å². The van der Waals surface area contributed by atoms with Gasteiger partial charge < -0.3 is 10.4 Å². The van der Waals surface area contributed by atoms with Crippen molar-refractivity contribution in [3.8, 4) is 0 Å². The molecule has 2 N–H and O–H groups in total. The van der Waals surface area contributed by atoms with E-state index in [9.17, 15) is 5.11 Å². The molecule has 1 aliphatic carbocycles. The molecule has 1 saturated carbocycles. The van der Waals surface area contributed by atoms with Gasteiger partial charge in [0.05, 0.1) is 0 Å². The van der Waals surface area contributed by atoms with E-state index in [2.05, 4.69) is 5.32 Å². The Kier molecular flexibility index (Phi) is 4.14. The highest BCUT2D eigenvalue weighted by Gasteiger charge is 2.23. The number of aliphatic hydroxyl groups is 1. The van der Waals surface area contributed by atoms with E-state index in [4.69, 9.17) is 0 Å². The third-order valence-electron chi connectivity index (χ3n) is 3.48. The molecule has 2 rings (SSSR count). The van der Waals surface area contributed by atoms with Gasteiger partial charge in [0.25, 0.3) is 0 Å². The van der Waals surface area contributed by atoms with Crippen LogP contribution in [0.15, 0.2) is 0 Å². The quantitative estimate of drug-likeness (QED) is 0.704. The highest BCUT2D eigenvalue weighted by atomic mass is 32.2. The monoisotopic (exact) mass is 215 g/mol. The summed E-state index contributed by atoms with van der Waals surface area (Å²) >= 11 is 2.01.